The maximum Gasteiger partial charge on any atom is 0.225 e. The fourth-order valence-corrected chi connectivity index (χ4v) is 3.13. The lowest BCUT2D eigenvalue weighted by Gasteiger charge is -2.18. The summed E-state index contributed by atoms with van der Waals surface area (Å²) in [7, 11) is 1.62. The van der Waals surface area contributed by atoms with Gasteiger partial charge < -0.3 is 15.0 Å². The highest BCUT2D eigenvalue weighted by Gasteiger charge is 2.39. The molecule has 0 spiro atoms. The van der Waals surface area contributed by atoms with E-state index in [1.165, 1.54) is 12.1 Å². The second kappa shape index (κ2) is 8.78. The number of halogens is 1. The molecule has 132 valence electrons. The van der Waals surface area contributed by atoms with Gasteiger partial charge in [-0.15, -0.1) is 0 Å². The van der Waals surface area contributed by atoms with Crippen molar-refractivity contribution in [3.8, 4) is 0 Å². The average Bonchev–Trinajstić information content (AvgIpc) is 3.03. The van der Waals surface area contributed by atoms with Crippen LogP contribution in [0.4, 0.5) is 4.39 Å². The highest BCUT2D eigenvalue weighted by atomic mass is 19.1. The van der Waals surface area contributed by atoms with Gasteiger partial charge in [0.2, 0.25) is 11.8 Å². The first-order valence-electron chi connectivity index (χ1n) is 8.36. The van der Waals surface area contributed by atoms with E-state index in [1.807, 2.05) is 6.07 Å². The van der Waals surface area contributed by atoms with Crippen LogP contribution >= 0.6 is 0 Å². The van der Waals surface area contributed by atoms with Crippen molar-refractivity contribution in [2.24, 2.45) is 5.92 Å². The van der Waals surface area contributed by atoms with E-state index in [0.717, 1.165) is 12.0 Å². The number of amides is 2. The molecule has 0 radical (unpaired) electrons. The molecule has 0 aromatic heterocycles. The van der Waals surface area contributed by atoms with Gasteiger partial charge in [0, 0.05) is 45.7 Å². The van der Waals surface area contributed by atoms with Crippen molar-refractivity contribution in [3.63, 3.8) is 0 Å². The molecule has 0 aliphatic carbocycles. The van der Waals surface area contributed by atoms with Crippen molar-refractivity contribution in [2.75, 3.05) is 33.4 Å². The third kappa shape index (κ3) is 4.54. The maximum atomic E-state index is 13.6. The number of carbonyl (C=O) groups is 2. The van der Waals surface area contributed by atoms with Crippen LogP contribution in [0.5, 0.6) is 0 Å². The number of likely N-dealkylation sites (tertiary alicyclic amines) is 1. The van der Waals surface area contributed by atoms with Gasteiger partial charge in [0.1, 0.15) is 5.82 Å². The minimum absolute atomic E-state index is 0.0195. The molecule has 6 heteroatoms. The molecule has 1 heterocycles. The lowest BCUT2D eigenvalue weighted by molar-refractivity contribution is -0.130. The predicted octanol–water partition coefficient (Wildman–Crippen LogP) is 1.93. The van der Waals surface area contributed by atoms with E-state index in [0.29, 0.717) is 32.7 Å². The molecule has 2 amide bonds. The van der Waals surface area contributed by atoms with Gasteiger partial charge >= 0.3 is 0 Å². The molecular formula is C18H25FN2O3. The number of hydrogen-bond acceptors (Lipinski definition) is 3. The maximum absolute atomic E-state index is 13.6. The summed E-state index contributed by atoms with van der Waals surface area (Å²) >= 11 is 0. The Morgan fingerprint density at radius 2 is 2.17 bits per heavy atom. The molecule has 1 aromatic carbocycles. The first-order valence-corrected chi connectivity index (χ1v) is 8.36. The summed E-state index contributed by atoms with van der Waals surface area (Å²) in [5.41, 5.74) is 0.762. The summed E-state index contributed by atoms with van der Waals surface area (Å²) in [6.07, 6.45) is 1.13. The summed E-state index contributed by atoms with van der Waals surface area (Å²) < 4.78 is 18.5. The zero-order valence-corrected chi connectivity index (χ0v) is 14.3. The average molecular weight is 336 g/mol. The Morgan fingerprint density at radius 3 is 2.83 bits per heavy atom. The standard InChI is InChI=1S/C18H25FN2O3/c1-3-17(22)21-11-15(13-6-4-7-14(19)10-13)16(12-21)18(23)20-8-5-9-24-2/h4,6-7,10,15-16H,3,5,8-9,11-12H2,1-2H3,(H,20,23)/t15-,16-/m1/s1. The quantitative estimate of drug-likeness (QED) is 0.774. The zero-order valence-electron chi connectivity index (χ0n) is 14.3. The molecule has 5 nitrogen and oxygen atoms in total. The highest BCUT2D eigenvalue weighted by Crippen LogP contribution is 2.33. The third-order valence-electron chi connectivity index (χ3n) is 4.41. The van der Waals surface area contributed by atoms with Gasteiger partial charge in [-0.25, -0.2) is 4.39 Å². The van der Waals surface area contributed by atoms with Crippen LogP contribution in [0.25, 0.3) is 0 Å². The van der Waals surface area contributed by atoms with Crippen molar-refractivity contribution in [1.82, 2.24) is 10.2 Å². The van der Waals surface area contributed by atoms with E-state index in [2.05, 4.69) is 5.32 Å². The van der Waals surface area contributed by atoms with E-state index in [-0.39, 0.29) is 29.5 Å². The first-order chi connectivity index (χ1) is 11.6. The molecule has 0 saturated carbocycles. The number of nitrogens with one attached hydrogen (secondary N) is 1. The summed E-state index contributed by atoms with van der Waals surface area (Å²) in [6.45, 7) is 3.74. The Labute approximate surface area is 142 Å². The lowest BCUT2D eigenvalue weighted by atomic mass is 9.88. The van der Waals surface area contributed by atoms with E-state index in [4.69, 9.17) is 4.74 Å². The van der Waals surface area contributed by atoms with Gasteiger partial charge in [0.25, 0.3) is 0 Å². The van der Waals surface area contributed by atoms with Gasteiger partial charge in [-0.3, -0.25) is 9.59 Å². The number of methoxy groups -OCH3 is 1. The number of hydrogen-bond donors (Lipinski definition) is 1. The molecule has 2 atom stereocenters. The second-order valence-electron chi connectivity index (χ2n) is 6.06. The normalized spacial score (nSPS) is 20.2. The lowest BCUT2D eigenvalue weighted by Crippen LogP contribution is -2.36. The predicted molar refractivity (Wildman–Crippen MR) is 89.0 cm³/mol. The van der Waals surface area contributed by atoms with E-state index in [9.17, 15) is 14.0 Å². The molecule has 1 aromatic rings. The molecule has 0 unspecified atom stereocenters. The molecule has 0 bridgehead atoms. The topological polar surface area (TPSA) is 58.6 Å². The van der Waals surface area contributed by atoms with Crippen LogP contribution in [-0.4, -0.2) is 50.1 Å². The van der Waals surface area contributed by atoms with Crippen molar-refractivity contribution >= 4 is 11.8 Å². The van der Waals surface area contributed by atoms with Crippen LogP contribution in [0.15, 0.2) is 24.3 Å². The van der Waals surface area contributed by atoms with Gasteiger partial charge in [0.05, 0.1) is 5.92 Å². The molecule has 2 rings (SSSR count). The first kappa shape index (κ1) is 18.4. The molecule has 1 aliphatic rings. The molecule has 1 N–H and O–H groups in total. The highest BCUT2D eigenvalue weighted by molar-refractivity contribution is 5.83. The van der Waals surface area contributed by atoms with Gasteiger partial charge in [-0.05, 0) is 24.1 Å². The Bertz CT molecular complexity index is 579. The van der Waals surface area contributed by atoms with Crippen molar-refractivity contribution in [1.29, 1.82) is 0 Å². The molecule has 24 heavy (non-hydrogen) atoms. The molecule has 1 aliphatic heterocycles. The molecule has 1 fully saturated rings. The van der Waals surface area contributed by atoms with Crippen LogP contribution in [-0.2, 0) is 14.3 Å². The van der Waals surface area contributed by atoms with Gasteiger partial charge in [0.15, 0.2) is 0 Å². The number of nitrogens with zero attached hydrogens (tertiary/aromatic N) is 1. The molecule has 1 saturated heterocycles. The second-order valence-corrected chi connectivity index (χ2v) is 6.06. The van der Waals surface area contributed by atoms with E-state index in [1.54, 1.807) is 25.0 Å². The number of benzene rings is 1. The third-order valence-corrected chi connectivity index (χ3v) is 4.41. The minimum Gasteiger partial charge on any atom is -0.385 e. The SMILES string of the molecule is CCC(=O)N1C[C@H](c2cccc(F)c2)[C@H](C(=O)NCCCOC)C1. The monoisotopic (exact) mass is 336 g/mol. The van der Waals surface area contributed by atoms with Crippen LogP contribution < -0.4 is 5.32 Å². The van der Waals surface area contributed by atoms with Crippen LogP contribution in [0.3, 0.4) is 0 Å². The minimum atomic E-state index is -0.357. The van der Waals surface area contributed by atoms with Crippen molar-refractivity contribution < 1.29 is 18.7 Å². The smallest absolute Gasteiger partial charge is 0.225 e. The Balaban J connectivity index is 2.11. The van der Waals surface area contributed by atoms with E-state index < -0.39 is 0 Å². The fourth-order valence-electron chi connectivity index (χ4n) is 3.13. The largest absolute Gasteiger partial charge is 0.385 e. The summed E-state index contributed by atoms with van der Waals surface area (Å²) in [5, 5.41) is 2.90. The Hall–Kier alpha value is -1.95. The van der Waals surface area contributed by atoms with Crippen molar-refractivity contribution in [3.05, 3.63) is 35.6 Å². The summed E-state index contributed by atoms with van der Waals surface area (Å²) in [4.78, 5) is 26.3. The molecular weight excluding hydrogens is 311 g/mol. The fraction of sp³-hybridized carbons (Fsp3) is 0.556. The van der Waals surface area contributed by atoms with Crippen LogP contribution in [0.1, 0.15) is 31.2 Å². The van der Waals surface area contributed by atoms with E-state index >= 15 is 0 Å². The number of ether oxygens (including phenoxy) is 1. The number of rotatable bonds is 7. The summed E-state index contributed by atoms with van der Waals surface area (Å²) in [5.74, 6) is -0.937. The van der Waals surface area contributed by atoms with Gasteiger partial charge in [-0.2, -0.15) is 0 Å². The van der Waals surface area contributed by atoms with Crippen LogP contribution in [0, 0.1) is 11.7 Å². The van der Waals surface area contributed by atoms with Crippen molar-refractivity contribution in [2.45, 2.75) is 25.7 Å². The Kier molecular flexibility index (Phi) is 6.73. The zero-order chi connectivity index (χ0) is 17.5. The Morgan fingerprint density at radius 1 is 1.38 bits per heavy atom. The number of carbonyl (C=O) groups excluding carboxylic acids is 2. The van der Waals surface area contributed by atoms with Crippen LogP contribution in [0.2, 0.25) is 0 Å². The van der Waals surface area contributed by atoms with Gasteiger partial charge in [-0.1, -0.05) is 19.1 Å². The summed E-state index contributed by atoms with van der Waals surface area (Å²) in [6, 6.07) is 6.30.